The summed E-state index contributed by atoms with van der Waals surface area (Å²) in [6, 6.07) is -0.830. The molecule has 0 aromatic carbocycles. The molecule has 2 aliphatic rings. The number of amides is 1. The van der Waals surface area contributed by atoms with Gasteiger partial charge in [0, 0.05) is 6.42 Å². The van der Waals surface area contributed by atoms with Crippen LogP contribution in [0, 0.1) is 0 Å². The van der Waals surface area contributed by atoms with Crippen molar-refractivity contribution >= 4 is 5.91 Å². The second-order valence-corrected chi connectivity index (χ2v) is 25.0. The lowest BCUT2D eigenvalue weighted by molar-refractivity contribution is -0.359. The first kappa shape index (κ1) is 80.5. The SMILES string of the molecule is CC/C=C\C/C=C\C/C=C\C/C=C\C/C=C\C/C=C\CCCCCCCCCCCCCCCCCCCCC(=O)NC(COC1OC(CO)C(OC2OC(CO)C(O)C(O)C2O)C(O)C1O)C(O)CCCCCCCCCCCCCCCCCC. The van der Waals surface area contributed by atoms with Gasteiger partial charge in [-0.2, -0.15) is 0 Å². The fourth-order valence-electron chi connectivity index (χ4n) is 11.5. The molecule has 0 saturated carbocycles. The maximum Gasteiger partial charge on any atom is 0.220 e. The molecule has 1 amide bonds. The largest absolute Gasteiger partial charge is 0.394 e. The summed E-state index contributed by atoms with van der Waals surface area (Å²) in [6.07, 6.45) is 60.7. The van der Waals surface area contributed by atoms with Crippen LogP contribution in [0.3, 0.4) is 0 Å². The number of aliphatic hydroxyl groups excluding tert-OH is 8. The van der Waals surface area contributed by atoms with Crippen molar-refractivity contribution in [3.8, 4) is 0 Å². The molecule has 14 heteroatoms. The lowest BCUT2D eigenvalue weighted by Crippen LogP contribution is -2.65. The van der Waals surface area contributed by atoms with Crippen LogP contribution in [0.2, 0.25) is 0 Å². The number of allylic oxidation sites excluding steroid dienone is 12. The highest BCUT2D eigenvalue weighted by atomic mass is 16.7. The van der Waals surface area contributed by atoms with E-state index in [2.05, 4.69) is 92.1 Å². The first-order valence-electron chi connectivity index (χ1n) is 35.7. The minimum atomic E-state index is -1.78. The fraction of sp³-hybridized carbons (Fsp3) is 0.822. The third-order valence-electron chi connectivity index (χ3n) is 17.2. The van der Waals surface area contributed by atoms with Crippen molar-refractivity contribution in [2.75, 3.05) is 19.8 Å². The van der Waals surface area contributed by atoms with Crippen LogP contribution in [0.15, 0.2) is 72.9 Å². The highest BCUT2D eigenvalue weighted by Gasteiger charge is 2.51. The van der Waals surface area contributed by atoms with Crippen molar-refractivity contribution < 1.29 is 64.6 Å². The molecule has 14 nitrogen and oxygen atoms in total. The molecule has 0 aromatic rings. The first-order valence-corrected chi connectivity index (χ1v) is 35.7. The van der Waals surface area contributed by atoms with Crippen molar-refractivity contribution in [1.29, 1.82) is 0 Å². The number of carbonyl (C=O) groups is 1. The summed E-state index contributed by atoms with van der Waals surface area (Å²) in [5, 5.41) is 87.5. The molecule has 0 radical (unpaired) electrons. The maximum atomic E-state index is 13.3. The average molecular weight is 1230 g/mol. The Morgan fingerprint density at radius 1 is 0.425 bits per heavy atom. The molecule has 0 spiro atoms. The molecule has 87 heavy (non-hydrogen) atoms. The van der Waals surface area contributed by atoms with Crippen molar-refractivity contribution in [2.45, 2.75) is 364 Å². The van der Waals surface area contributed by atoms with Gasteiger partial charge in [0.1, 0.15) is 48.8 Å². The molecule has 2 saturated heterocycles. The zero-order valence-electron chi connectivity index (χ0n) is 55.0. The Hall–Kier alpha value is -2.57. The molecular weight excluding hydrogens is 1100 g/mol. The number of rotatable bonds is 58. The molecule has 2 aliphatic heterocycles. The lowest BCUT2D eigenvalue weighted by Gasteiger charge is -2.46. The van der Waals surface area contributed by atoms with Crippen LogP contribution in [0.5, 0.6) is 0 Å². The molecule has 2 fully saturated rings. The highest BCUT2D eigenvalue weighted by Crippen LogP contribution is 2.30. The van der Waals surface area contributed by atoms with Crippen LogP contribution in [0.25, 0.3) is 0 Å². The van der Waals surface area contributed by atoms with Crippen LogP contribution < -0.4 is 5.32 Å². The Kier molecular flexibility index (Phi) is 53.1. The summed E-state index contributed by atoms with van der Waals surface area (Å²) >= 11 is 0. The molecule has 2 rings (SSSR count). The predicted octanol–water partition coefficient (Wildman–Crippen LogP) is 14.6. The number of aliphatic hydroxyl groups is 8. The van der Waals surface area contributed by atoms with E-state index in [9.17, 15) is 45.6 Å². The van der Waals surface area contributed by atoms with E-state index in [1.54, 1.807) is 0 Å². The maximum absolute atomic E-state index is 13.3. The van der Waals surface area contributed by atoms with Gasteiger partial charge >= 0.3 is 0 Å². The van der Waals surface area contributed by atoms with Crippen LogP contribution in [0.1, 0.15) is 290 Å². The van der Waals surface area contributed by atoms with Crippen LogP contribution in [0.4, 0.5) is 0 Å². The quantitative estimate of drug-likeness (QED) is 0.0204. The van der Waals surface area contributed by atoms with Crippen molar-refractivity contribution in [2.24, 2.45) is 0 Å². The van der Waals surface area contributed by atoms with Crippen LogP contribution in [-0.4, -0.2) is 140 Å². The normalized spacial score (nSPS) is 23.7. The molecule has 2 heterocycles. The van der Waals surface area contributed by atoms with Gasteiger partial charge in [-0.15, -0.1) is 0 Å². The van der Waals surface area contributed by atoms with Gasteiger partial charge in [-0.1, -0.05) is 292 Å². The van der Waals surface area contributed by atoms with Gasteiger partial charge in [0.05, 0.1) is 32.0 Å². The molecule has 0 aliphatic carbocycles. The zero-order chi connectivity index (χ0) is 63.1. The first-order chi connectivity index (χ1) is 42.6. The molecule has 506 valence electrons. The fourth-order valence-corrected chi connectivity index (χ4v) is 11.5. The summed E-state index contributed by atoms with van der Waals surface area (Å²) in [4.78, 5) is 13.3. The van der Waals surface area contributed by atoms with Crippen molar-refractivity contribution in [3.05, 3.63) is 72.9 Å². The summed E-state index contributed by atoms with van der Waals surface area (Å²) in [7, 11) is 0. The average Bonchev–Trinajstić information content (AvgIpc) is 2.36. The van der Waals surface area contributed by atoms with E-state index in [0.717, 1.165) is 89.9 Å². The number of hydrogen-bond donors (Lipinski definition) is 9. The highest BCUT2D eigenvalue weighted by molar-refractivity contribution is 5.76. The second kappa shape index (κ2) is 57.3. The molecule has 0 aromatic heterocycles. The molecule has 12 atom stereocenters. The van der Waals surface area contributed by atoms with Gasteiger partial charge in [-0.25, -0.2) is 0 Å². The summed E-state index contributed by atoms with van der Waals surface area (Å²) in [5.41, 5.74) is 0. The van der Waals surface area contributed by atoms with E-state index in [-0.39, 0.29) is 12.5 Å². The van der Waals surface area contributed by atoms with E-state index < -0.39 is 86.8 Å². The van der Waals surface area contributed by atoms with E-state index in [1.165, 1.54) is 173 Å². The van der Waals surface area contributed by atoms with Crippen molar-refractivity contribution in [1.82, 2.24) is 5.32 Å². The predicted molar refractivity (Wildman–Crippen MR) is 355 cm³/mol. The van der Waals surface area contributed by atoms with Gasteiger partial charge in [0.2, 0.25) is 5.91 Å². The van der Waals surface area contributed by atoms with Crippen molar-refractivity contribution in [3.63, 3.8) is 0 Å². The van der Waals surface area contributed by atoms with Gasteiger partial charge in [-0.3, -0.25) is 4.79 Å². The van der Waals surface area contributed by atoms with E-state index >= 15 is 0 Å². The summed E-state index contributed by atoms with van der Waals surface area (Å²) < 4.78 is 22.9. The third kappa shape index (κ3) is 41.5. The van der Waals surface area contributed by atoms with Gasteiger partial charge in [0.15, 0.2) is 12.6 Å². The Balaban J connectivity index is 1.59. The zero-order valence-corrected chi connectivity index (χ0v) is 55.0. The number of nitrogens with one attached hydrogen (secondary N) is 1. The smallest absolute Gasteiger partial charge is 0.220 e. The molecule has 9 N–H and O–H groups in total. The van der Waals surface area contributed by atoms with Gasteiger partial charge < -0.3 is 65.1 Å². The Morgan fingerprint density at radius 3 is 1.22 bits per heavy atom. The van der Waals surface area contributed by atoms with Crippen LogP contribution in [-0.2, 0) is 23.7 Å². The summed E-state index contributed by atoms with van der Waals surface area (Å²) in [6.45, 7) is 2.77. The number of ether oxygens (including phenoxy) is 4. The van der Waals surface area contributed by atoms with Crippen LogP contribution >= 0.6 is 0 Å². The third-order valence-corrected chi connectivity index (χ3v) is 17.2. The van der Waals surface area contributed by atoms with E-state index in [1.807, 2.05) is 0 Å². The monoisotopic (exact) mass is 1230 g/mol. The minimum Gasteiger partial charge on any atom is -0.394 e. The second-order valence-electron chi connectivity index (χ2n) is 25.0. The van der Waals surface area contributed by atoms with Gasteiger partial charge in [0.25, 0.3) is 0 Å². The molecule has 0 bridgehead atoms. The van der Waals surface area contributed by atoms with Gasteiger partial charge in [-0.05, 0) is 64.2 Å². The summed E-state index contributed by atoms with van der Waals surface area (Å²) in [5.74, 6) is -0.204. The number of unbranched alkanes of at least 4 members (excludes halogenated alkanes) is 33. The van der Waals surface area contributed by atoms with E-state index in [0.29, 0.717) is 12.8 Å². The number of carbonyl (C=O) groups excluding carboxylic acids is 1. The Bertz CT molecular complexity index is 1740. The topological polar surface area (TPSA) is 228 Å². The van der Waals surface area contributed by atoms with E-state index in [4.69, 9.17) is 18.9 Å². The molecule has 12 unspecified atom stereocenters. The Labute approximate surface area is 529 Å². The standard InChI is InChI=1S/C73H131NO13/c1-3-5-7-9-11-13-15-17-19-21-22-23-24-25-26-27-28-29-30-31-32-33-34-35-36-37-38-39-40-41-43-45-47-49-51-53-55-57-65(78)74-61(62(77)56-54-52-50-48-46-44-42-20-18-16-14-12-10-8-6-4-2)60-84-72-70(83)68(81)71(64(59-76)86-72)87-73-69(82)67(80)66(79)63(58-75)85-73/h5,7,11,13,17,19,22-23,25-26,28-29,61-64,66-73,75-77,79-83H,3-4,6,8-10,12,14-16,18,20-21,24,27,30-60H2,1-2H3,(H,74,78)/b7-5-,13-11-,19-17-,23-22-,26-25-,29-28-. The molecular formula is C73H131NO13. The Morgan fingerprint density at radius 2 is 0.793 bits per heavy atom. The minimum absolute atomic E-state index is 0.204. The number of hydrogen-bond acceptors (Lipinski definition) is 13. The lowest BCUT2D eigenvalue weighted by atomic mass is 9.97.